The number of aromatic nitrogens is 2. The molecule has 96 valence electrons. The molecular formula is C12H9ClN4O2. The lowest BCUT2D eigenvalue weighted by Gasteiger charge is -2.07. The smallest absolute Gasteiger partial charge is 0.267 e. The topological polar surface area (TPSA) is 84.0 Å². The number of pyridine rings is 2. The van der Waals surface area contributed by atoms with Crippen molar-refractivity contribution < 1.29 is 9.59 Å². The van der Waals surface area contributed by atoms with E-state index in [1.807, 2.05) is 0 Å². The summed E-state index contributed by atoms with van der Waals surface area (Å²) < 4.78 is 0. The summed E-state index contributed by atoms with van der Waals surface area (Å²) >= 11 is 5.75. The molecule has 2 N–H and O–H groups in total. The van der Waals surface area contributed by atoms with Crippen LogP contribution in [0.1, 0.15) is 20.8 Å². The fourth-order valence-electron chi connectivity index (χ4n) is 1.30. The second kappa shape index (κ2) is 5.92. The van der Waals surface area contributed by atoms with Crippen LogP contribution in [0.5, 0.6) is 0 Å². The predicted octanol–water partition coefficient (Wildman–Crippen LogP) is 1.20. The van der Waals surface area contributed by atoms with Crippen LogP contribution in [0.25, 0.3) is 0 Å². The summed E-state index contributed by atoms with van der Waals surface area (Å²) in [5.74, 6) is -1.07. The van der Waals surface area contributed by atoms with Crippen molar-refractivity contribution >= 4 is 23.4 Å². The third kappa shape index (κ3) is 3.26. The quantitative estimate of drug-likeness (QED) is 0.638. The zero-order chi connectivity index (χ0) is 13.7. The third-order valence-corrected chi connectivity index (χ3v) is 2.49. The number of amides is 2. The molecule has 2 aromatic rings. The Labute approximate surface area is 113 Å². The van der Waals surface area contributed by atoms with Crippen molar-refractivity contribution in [1.29, 1.82) is 0 Å². The Bertz CT molecular complexity index is 604. The normalized spacial score (nSPS) is 9.74. The zero-order valence-electron chi connectivity index (χ0n) is 9.63. The predicted molar refractivity (Wildman–Crippen MR) is 68.4 cm³/mol. The summed E-state index contributed by atoms with van der Waals surface area (Å²) in [6.07, 6.45) is 2.94. The molecule has 0 bridgehead atoms. The number of halogens is 1. The van der Waals surface area contributed by atoms with Crippen LogP contribution in [0.2, 0.25) is 5.15 Å². The minimum atomic E-state index is -0.553. The first-order chi connectivity index (χ1) is 9.18. The van der Waals surface area contributed by atoms with Gasteiger partial charge in [-0.25, -0.2) is 4.98 Å². The Morgan fingerprint density at radius 2 is 1.68 bits per heavy atom. The second-order valence-corrected chi connectivity index (χ2v) is 3.82. The number of hydrogen-bond donors (Lipinski definition) is 2. The minimum Gasteiger partial charge on any atom is -0.267 e. The second-order valence-electron chi connectivity index (χ2n) is 3.46. The minimum absolute atomic E-state index is 0.0621. The maximum absolute atomic E-state index is 11.7. The van der Waals surface area contributed by atoms with Gasteiger partial charge < -0.3 is 0 Å². The standard InChI is InChI=1S/C12H9ClN4O2/c13-10-8(4-3-7-15-10)11(18)16-17-12(19)9-5-1-2-6-14-9/h1-7H,(H,16,18)(H,17,19). The van der Waals surface area contributed by atoms with Crippen LogP contribution < -0.4 is 10.9 Å². The largest absolute Gasteiger partial charge is 0.288 e. The van der Waals surface area contributed by atoms with Gasteiger partial charge in [-0.15, -0.1) is 0 Å². The zero-order valence-corrected chi connectivity index (χ0v) is 10.4. The lowest BCUT2D eigenvalue weighted by Crippen LogP contribution is -2.42. The van der Waals surface area contributed by atoms with Crippen molar-refractivity contribution in [2.45, 2.75) is 0 Å². The Kier molecular flexibility index (Phi) is 4.04. The summed E-state index contributed by atoms with van der Waals surface area (Å²) in [4.78, 5) is 31.0. The van der Waals surface area contributed by atoms with E-state index in [0.29, 0.717) is 0 Å². The molecule has 2 rings (SSSR count). The number of nitrogens with one attached hydrogen (secondary N) is 2. The molecule has 0 fully saturated rings. The van der Waals surface area contributed by atoms with Crippen molar-refractivity contribution in [3.05, 3.63) is 59.1 Å². The van der Waals surface area contributed by atoms with E-state index in [-0.39, 0.29) is 16.4 Å². The van der Waals surface area contributed by atoms with E-state index in [0.717, 1.165) is 0 Å². The number of nitrogens with zero attached hydrogens (tertiary/aromatic N) is 2. The van der Waals surface area contributed by atoms with Gasteiger partial charge in [0.15, 0.2) is 0 Å². The van der Waals surface area contributed by atoms with Crippen molar-refractivity contribution in [3.8, 4) is 0 Å². The van der Waals surface area contributed by atoms with Crippen LogP contribution in [0.3, 0.4) is 0 Å². The summed E-state index contributed by atoms with van der Waals surface area (Å²) in [7, 11) is 0. The molecule has 0 saturated carbocycles. The van der Waals surface area contributed by atoms with Gasteiger partial charge in [-0.3, -0.25) is 25.4 Å². The Hall–Kier alpha value is -2.47. The van der Waals surface area contributed by atoms with Crippen LogP contribution in [0.4, 0.5) is 0 Å². The first kappa shape index (κ1) is 13.0. The number of carbonyl (C=O) groups is 2. The molecule has 0 atom stereocenters. The molecular weight excluding hydrogens is 268 g/mol. The van der Waals surface area contributed by atoms with Crippen molar-refractivity contribution in [2.75, 3.05) is 0 Å². The van der Waals surface area contributed by atoms with Gasteiger partial charge in [-0.05, 0) is 24.3 Å². The highest BCUT2D eigenvalue weighted by Gasteiger charge is 2.12. The van der Waals surface area contributed by atoms with Crippen LogP contribution in [0, 0.1) is 0 Å². The van der Waals surface area contributed by atoms with Gasteiger partial charge in [0.2, 0.25) is 0 Å². The molecule has 0 saturated heterocycles. The lowest BCUT2D eigenvalue weighted by molar-refractivity contribution is 0.0844. The molecule has 7 heteroatoms. The van der Waals surface area contributed by atoms with E-state index in [4.69, 9.17) is 11.6 Å². The molecule has 2 amide bonds. The summed E-state index contributed by atoms with van der Waals surface area (Å²) in [6, 6.07) is 7.95. The van der Waals surface area contributed by atoms with Gasteiger partial charge in [-0.1, -0.05) is 17.7 Å². The van der Waals surface area contributed by atoms with Gasteiger partial charge in [0.05, 0.1) is 5.56 Å². The van der Waals surface area contributed by atoms with Gasteiger partial charge in [0, 0.05) is 12.4 Å². The van der Waals surface area contributed by atoms with Crippen LogP contribution >= 0.6 is 11.6 Å². The van der Waals surface area contributed by atoms with E-state index in [1.165, 1.54) is 24.5 Å². The maximum atomic E-state index is 11.7. The molecule has 0 aliphatic heterocycles. The molecule has 0 aliphatic rings. The Morgan fingerprint density at radius 3 is 2.37 bits per heavy atom. The van der Waals surface area contributed by atoms with Crippen LogP contribution in [-0.2, 0) is 0 Å². The lowest BCUT2D eigenvalue weighted by atomic mass is 10.3. The van der Waals surface area contributed by atoms with Crippen molar-refractivity contribution in [1.82, 2.24) is 20.8 Å². The van der Waals surface area contributed by atoms with Gasteiger partial charge in [-0.2, -0.15) is 0 Å². The number of carbonyl (C=O) groups excluding carboxylic acids is 2. The molecule has 2 aromatic heterocycles. The third-order valence-electron chi connectivity index (χ3n) is 2.19. The van der Waals surface area contributed by atoms with Gasteiger partial charge in [0.25, 0.3) is 11.8 Å². The molecule has 6 nitrogen and oxygen atoms in total. The average Bonchev–Trinajstić information content (AvgIpc) is 2.46. The number of hydrazine groups is 1. The molecule has 2 heterocycles. The molecule has 19 heavy (non-hydrogen) atoms. The number of rotatable bonds is 2. The monoisotopic (exact) mass is 276 g/mol. The van der Waals surface area contributed by atoms with Crippen LogP contribution in [-0.4, -0.2) is 21.8 Å². The van der Waals surface area contributed by atoms with E-state index in [1.54, 1.807) is 18.2 Å². The summed E-state index contributed by atoms with van der Waals surface area (Å²) in [5, 5.41) is 0.0621. The van der Waals surface area contributed by atoms with Gasteiger partial charge in [0.1, 0.15) is 10.8 Å². The van der Waals surface area contributed by atoms with E-state index >= 15 is 0 Å². The fourth-order valence-corrected chi connectivity index (χ4v) is 1.50. The first-order valence-corrected chi connectivity index (χ1v) is 5.68. The maximum Gasteiger partial charge on any atom is 0.288 e. The van der Waals surface area contributed by atoms with E-state index in [2.05, 4.69) is 20.8 Å². The Balaban J connectivity index is 1.98. The molecule has 0 radical (unpaired) electrons. The molecule has 0 aliphatic carbocycles. The van der Waals surface area contributed by atoms with Crippen molar-refractivity contribution in [2.24, 2.45) is 0 Å². The first-order valence-electron chi connectivity index (χ1n) is 5.30. The van der Waals surface area contributed by atoms with Crippen LogP contribution in [0.15, 0.2) is 42.7 Å². The molecule has 0 spiro atoms. The highest BCUT2D eigenvalue weighted by molar-refractivity contribution is 6.32. The fraction of sp³-hybridized carbons (Fsp3) is 0. The van der Waals surface area contributed by atoms with E-state index in [9.17, 15) is 9.59 Å². The highest BCUT2D eigenvalue weighted by atomic mass is 35.5. The molecule has 0 aromatic carbocycles. The Morgan fingerprint density at radius 1 is 0.947 bits per heavy atom. The molecule has 0 unspecified atom stereocenters. The highest BCUT2D eigenvalue weighted by Crippen LogP contribution is 2.10. The summed E-state index contributed by atoms with van der Waals surface area (Å²) in [6.45, 7) is 0. The average molecular weight is 277 g/mol. The van der Waals surface area contributed by atoms with E-state index < -0.39 is 11.8 Å². The van der Waals surface area contributed by atoms with Crippen molar-refractivity contribution in [3.63, 3.8) is 0 Å². The SMILES string of the molecule is O=C(NNC(=O)c1cccnc1Cl)c1ccccn1. The number of hydrogen-bond acceptors (Lipinski definition) is 4. The summed E-state index contributed by atoms with van der Waals surface area (Å²) in [5.41, 5.74) is 4.84. The van der Waals surface area contributed by atoms with Gasteiger partial charge >= 0.3 is 0 Å².